The Labute approximate surface area is 146 Å². The first-order valence-electron chi connectivity index (χ1n) is 7.86. The number of aromatic nitrogens is 2. The molecule has 0 saturated heterocycles. The van der Waals surface area contributed by atoms with Gasteiger partial charge in [-0.25, -0.2) is 4.98 Å². The van der Waals surface area contributed by atoms with E-state index in [1.807, 2.05) is 44.2 Å². The largest absolute Gasteiger partial charge is 0.491 e. The van der Waals surface area contributed by atoms with Crippen LogP contribution in [0.5, 0.6) is 5.75 Å². The number of nitrogens with one attached hydrogen (secondary N) is 1. The fourth-order valence-corrected chi connectivity index (χ4v) is 2.65. The molecule has 2 aromatic heterocycles. The second kappa shape index (κ2) is 7.36. The molecule has 0 amide bonds. The van der Waals surface area contributed by atoms with Crippen LogP contribution in [0.25, 0.3) is 10.9 Å². The number of nitrogens with zero attached hydrogens (tertiary/aromatic N) is 2. The molecule has 4 nitrogen and oxygen atoms in total. The molecule has 0 aliphatic carbocycles. The van der Waals surface area contributed by atoms with E-state index in [1.165, 1.54) is 0 Å². The van der Waals surface area contributed by atoms with Gasteiger partial charge < -0.3 is 10.1 Å². The second-order valence-electron chi connectivity index (χ2n) is 5.74. The first-order chi connectivity index (χ1) is 11.7. The molecular weight excluding hydrogens is 318 g/mol. The Balaban J connectivity index is 1.87. The molecule has 0 saturated carbocycles. The molecule has 0 spiro atoms. The quantitative estimate of drug-likeness (QED) is 0.677. The van der Waals surface area contributed by atoms with Crippen molar-refractivity contribution in [3.05, 3.63) is 60.0 Å². The molecule has 0 unspecified atom stereocenters. The lowest BCUT2D eigenvalue weighted by Crippen LogP contribution is -2.10. The van der Waals surface area contributed by atoms with E-state index in [9.17, 15) is 0 Å². The first kappa shape index (κ1) is 16.3. The number of para-hydroxylation sites is 1. The summed E-state index contributed by atoms with van der Waals surface area (Å²) in [6.07, 6.45) is 3.67. The van der Waals surface area contributed by atoms with Crippen LogP contribution in [0.15, 0.2) is 48.8 Å². The Morgan fingerprint density at radius 3 is 2.88 bits per heavy atom. The van der Waals surface area contributed by atoms with E-state index in [0.29, 0.717) is 6.54 Å². The number of benzene rings is 1. The zero-order valence-corrected chi connectivity index (χ0v) is 14.5. The van der Waals surface area contributed by atoms with Crippen LogP contribution in [-0.4, -0.2) is 21.4 Å². The monoisotopic (exact) mass is 337 g/mol. The maximum absolute atomic E-state index is 5.87. The van der Waals surface area contributed by atoms with Gasteiger partial charge in [0.2, 0.25) is 0 Å². The van der Waals surface area contributed by atoms with E-state index in [1.54, 1.807) is 17.8 Å². The number of thiocarbonyl (C=S) groups is 1. The molecule has 0 atom stereocenters. The van der Waals surface area contributed by atoms with Crippen molar-refractivity contribution in [1.29, 1.82) is 0 Å². The highest BCUT2D eigenvalue weighted by atomic mass is 32.1. The average molecular weight is 337 g/mol. The summed E-state index contributed by atoms with van der Waals surface area (Å²) in [5.41, 5.74) is 3.62. The van der Waals surface area contributed by atoms with Crippen LogP contribution < -0.4 is 10.1 Å². The molecular formula is C19H19N3OS. The summed E-state index contributed by atoms with van der Waals surface area (Å²) in [5.74, 6) is 0.888. The maximum Gasteiger partial charge on any atom is 0.124 e. The minimum Gasteiger partial charge on any atom is -0.491 e. The zero-order chi connectivity index (χ0) is 16.9. The van der Waals surface area contributed by atoms with Gasteiger partial charge in [0.05, 0.1) is 23.0 Å². The van der Waals surface area contributed by atoms with Gasteiger partial charge in [-0.2, -0.15) is 0 Å². The number of anilines is 1. The molecule has 2 heterocycles. The van der Waals surface area contributed by atoms with Crippen LogP contribution in [0, 0.1) is 0 Å². The van der Waals surface area contributed by atoms with Crippen LogP contribution in [0.2, 0.25) is 0 Å². The second-order valence-corrected chi connectivity index (χ2v) is 5.97. The molecule has 1 N–H and O–H groups in total. The summed E-state index contributed by atoms with van der Waals surface area (Å²) in [5, 5.41) is 5.99. The summed E-state index contributed by atoms with van der Waals surface area (Å²) >= 11 is 5.11. The van der Waals surface area contributed by atoms with E-state index < -0.39 is 0 Å². The first-order valence-corrected chi connectivity index (χ1v) is 8.33. The highest BCUT2D eigenvalue weighted by molar-refractivity contribution is 7.79. The van der Waals surface area contributed by atoms with Crippen LogP contribution in [0.3, 0.4) is 0 Å². The van der Waals surface area contributed by atoms with Crippen LogP contribution >= 0.6 is 12.2 Å². The van der Waals surface area contributed by atoms with E-state index in [-0.39, 0.29) is 6.10 Å². The number of fused-ring (bicyclic) bond motifs is 1. The Bertz CT molecular complexity index is 864. The normalized spacial score (nSPS) is 10.8. The number of hydrogen-bond acceptors (Lipinski definition) is 5. The summed E-state index contributed by atoms with van der Waals surface area (Å²) in [6, 6.07) is 11.9. The fourth-order valence-electron chi connectivity index (χ4n) is 2.47. The van der Waals surface area contributed by atoms with Gasteiger partial charge in [0.15, 0.2) is 0 Å². The molecule has 1 aromatic carbocycles. The van der Waals surface area contributed by atoms with Crippen molar-refractivity contribution in [1.82, 2.24) is 9.97 Å². The summed E-state index contributed by atoms with van der Waals surface area (Å²) in [6.45, 7) is 4.68. The van der Waals surface area contributed by atoms with E-state index in [2.05, 4.69) is 21.4 Å². The predicted octanol–water partition coefficient (Wildman–Crippen LogP) is 4.38. The van der Waals surface area contributed by atoms with Gasteiger partial charge in [-0.3, -0.25) is 4.98 Å². The minimum atomic E-state index is 0.135. The van der Waals surface area contributed by atoms with Gasteiger partial charge in [-0.15, -0.1) is 0 Å². The molecule has 3 rings (SSSR count). The van der Waals surface area contributed by atoms with Crippen molar-refractivity contribution in [3.63, 3.8) is 0 Å². The summed E-state index contributed by atoms with van der Waals surface area (Å²) in [4.78, 5) is 8.73. The Kier molecular flexibility index (Phi) is 5.01. The van der Waals surface area contributed by atoms with Crippen molar-refractivity contribution >= 4 is 34.2 Å². The molecule has 0 fully saturated rings. The Hall–Kier alpha value is -2.53. The predicted molar refractivity (Wildman–Crippen MR) is 102 cm³/mol. The zero-order valence-electron chi connectivity index (χ0n) is 13.7. The third kappa shape index (κ3) is 3.68. The lowest BCUT2D eigenvalue weighted by Gasteiger charge is -2.16. The maximum atomic E-state index is 5.87. The number of hydrogen-bond donors (Lipinski definition) is 1. The molecule has 24 heavy (non-hydrogen) atoms. The van der Waals surface area contributed by atoms with Crippen molar-refractivity contribution < 1.29 is 4.74 Å². The molecule has 3 aromatic rings. The highest BCUT2D eigenvalue weighted by Crippen LogP contribution is 2.23. The molecule has 0 radical (unpaired) electrons. The molecule has 5 heteroatoms. The van der Waals surface area contributed by atoms with Gasteiger partial charge in [0, 0.05) is 35.3 Å². The molecule has 0 aliphatic heterocycles. The van der Waals surface area contributed by atoms with Crippen molar-refractivity contribution in [2.24, 2.45) is 0 Å². The van der Waals surface area contributed by atoms with Crippen molar-refractivity contribution in [3.8, 4) is 5.75 Å². The lowest BCUT2D eigenvalue weighted by atomic mass is 10.1. The van der Waals surface area contributed by atoms with E-state index >= 15 is 0 Å². The number of pyridine rings is 2. The van der Waals surface area contributed by atoms with Crippen molar-refractivity contribution in [2.45, 2.75) is 26.5 Å². The van der Waals surface area contributed by atoms with Crippen LogP contribution in [-0.2, 0) is 6.54 Å². The van der Waals surface area contributed by atoms with Gasteiger partial charge in [-0.05, 0) is 32.0 Å². The SMILES string of the molecule is CC(C)Oc1ccccc1CNc1cc2cnccc2nc1C=S. The third-order valence-electron chi connectivity index (χ3n) is 3.56. The van der Waals surface area contributed by atoms with E-state index in [4.69, 9.17) is 17.0 Å². The topological polar surface area (TPSA) is 47.0 Å². The Morgan fingerprint density at radius 2 is 2.08 bits per heavy atom. The minimum absolute atomic E-state index is 0.135. The van der Waals surface area contributed by atoms with Gasteiger partial charge in [0.25, 0.3) is 0 Å². The third-order valence-corrected chi connectivity index (χ3v) is 3.78. The highest BCUT2D eigenvalue weighted by Gasteiger charge is 2.08. The Morgan fingerprint density at radius 1 is 1.25 bits per heavy atom. The molecule has 0 bridgehead atoms. The van der Waals surface area contributed by atoms with Crippen molar-refractivity contribution in [2.75, 3.05) is 5.32 Å². The fraction of sp³-hybridized carbons (Fsp3) is 0.211. The van der Waals surface area contributed by atoms with Gasteiger partial charge >= 0.3 is 0 Å². The lowest BCUT2D eigenvalue weighted by molar-refractivity contribution is 0.240. The summed E-state index contributed by atoms with van der Waals surface area (Å²) in [7, 11) is 0. The molecule has 122 valence electrons. The smallest absolute Gasteiger partial charge is 0.124 e. The van der Waals surface area contributed by atoms with Gasteiger partial charge in [-0.1, -0.05) is 30.4 Å². The van der Waals surface area contributed by atoms with E-state index in [0.717, 1.165) is 33.6 Å². The van der Waals surface area contributed by atoms with Crippen LogP contribution in [0.4, 0.5) is 5.69 Å². The number of rotatable bonds is 6. The van der Waals surface area contributed by atoms with Crippen LogP contribution in [0.1, 0.15) is 25.1 Å². The average Bonchev–Trinajstić information content (AvgIpc) is 2.59. The number of ether oxygens (including phenoxy) is 1. The van der Waals surface area contributed by atoms with Gasteiger partial charge in [0.1, 0.15) is 5.75 Å². The molecule has 0 aliphatic rings. The standard InChI is InChI=1S/C19H19N3OS/c1-13(2)23-19-6-4-3-5-14(19)11-21-17-9-15-10-20-8-7-16(15)22-18(17)12-24/h3-10,12-13,21H,11H2,1-2H3. The summed E-state index contributed by atoms with van der Waals surface area (Å²) < 4.78 is 5.87.